The summed E-state index contributed by atoms with van der Waals surface area (Å²) < 4.78 is 9.27. The van der Waals surface area contributed by atoms with Gasteiger partial charge in [-0.3, -0.25) is 9.59 Å². The molecule has 2 N–H and O–H groups in total. The van der Waals surface area contributed by atoms with Crippen LogP contribution in [0, 0.1) is 0 Å². The maximum absolute atomic E-state index is 11.4. The third-order valence-corrected chi connectivity index (χ3v) is 2.12. The number of esters is 2. The highest BCUT2D eigenvalue weighted by atomic mass is 16.5. The maximum Gasteiger partial charge on any atom is 0.326 e. The minimum absolute atomic E-state index is 0.161. The van der Waals surface area contributed by atoms with Crippen LogP contribution >= 0.6 is 0 Å². The van der Waals surface area contributed by atoms with Crippen molar-refractivity contribution in [3.05, 3.63) is 35.9 Å². The van der Waals surface area contributed by atoms with Crippen molar-refractivity contribution in [2.75, 3.05) is 13.7 Å². The van der Waals surface area contributed by atoms with Crippen molar-refractivity contribution < 1.29 is 19.1 Å². The van der Waals surface area contributed by atoms with Crippen LogP contribution < -0.4 is 5.73 Å². The fourth-order valence-corrected chi connectivity index (χ4v) is 1.22. The molecule has 0 saturated heterocycles. The molecule has 5 nitrogen and oxygen atoms in total. The SMILES string of the molecule is COC(=O)C(N)COC(=O)Cc1ccccc1. The van der Waals surface area contributed by atoms with Crippen LogP contribution in [0.4, 0.5) is 0 Å². The van der Waals surface area contributed by atoms with E-state index in [-0.39, 0.29) is 13.0 Å². The van der Waals surface area contributed by atoms with Gasteiger partial charge in [0.2, 0.25) is 0 Å². The van der Waals surface area contributed by atoms with E-state index in [4.69, 9.17) is 10.5 Å². The van der Waals surface area contributed by atoms with Gasteiger partial charge in [0.25, 0.3) is 0 Å². The van der Waals surface area contributed by atoms with Gasteiger partial charge in [-0.2, -0.15) is 0 Å². The lowest BCUT2D eigenvalue weighted by atomic mass is 10.2. The van der Waals surface area contributed by atoms with Crippen molar-refractivity contribution in [2.45, 2.75) is 12.5 Å². The quantitative estimate of drug-likeness (QED) is 0.744. The second kappa shape index (κ2) is 6.65. The van der Waals surface area contributed by atoms with Crippen molar-refractivity contribution in [1.82, 2.24) is 0 Å². The molecule has 0 bridgehead atoms. The van der Waals surface area contributed by atoms with E-state index >= 15 is 0 Å². The molecule has 5 heteroatoms. The zero-order valence-corrected chi connectivity index (χ0v) is 9.59. The summed E-state index contributed by atoms with van der Waals surface area (Å²) in [5, 5.41) is 0. The van der Waals surface area contributed by atoms with Gasteiger partial charge in [-0.25, -0.2) is 0 Å². The fraction of sp³-hybridized carbons (Fsp3) is 0.333. The van der Waals surface area contributed by atoms with Gasteiger partial charge in [0.15, 0.2) is 0 Å². The molecular formula is C12H15NO4. The molecule has 0 aliphatic rings. The van der Waals surface area contributed by atoms with Gasteiger partial charge < -0.3 is 15.2 Å². The molecule has 1 aromatic rings. The van der Waals surface area contributed by atoms with Gasteiger partial charge in [0, 0.05) is 0 Å². The first-order valence-corrected chi connectivity index (χ1v) is 5.16. The lowest BCUT2D eigenvalue weighted by molar-refractivity contribution is -0.149. The molecule has 92 valence electrons. The zero-order chi connectivity index (χ0) is 12.7. The van der Waals surface area contributed by atoms with Gasteiger partial charge in [-0.15, -0.1) is 0 Å². The number of methoxy groups -OCH3 is 1. The number of benzene rings is 1. The molecule has 0 spiro atoms. The van der Waals surface area contributed by atoms with E-state index in [9.17, 15) is 9.59 Å². The average Bonchev–Trinajstić information content (AvgIpc) is 2.36. The van der Waals surface area contributed by atoms with Crippen molar-refractivity contribution in [1.29, 1.82) is 0 Å². The largest absolute Gasteiger partial charge is 0.468 e. The van der Waals surface area contributed by atoms with Crippen LogP contribution in [0.1, 0.15) is 5.56 Å². The van der Waals surface area contributed by atoms with Crippen LogP contribution in [0.5, 0.6) is 0 Å². The number of ether oxygens (including phenoxy) is 2. The first-order chi connectivity index (χ1) is 8.13. The van der Waals surface area contributed by atoms with E-state index in [1.807, 2.05) is 30.3 Å². The van der Waals surface area contributed by atoms with E-state index in [0.717, 1.165) is 5.56 Å². The lowest BCUT2D eigenvalue weighted by Crippen LogP contribution is -2.37. The molecule has 1 unspecified atom stereocenters. The third-order valence-electron chi connectivity index (χ3n) is 2.12. The first kappa shape index (κ1) is 13.2. The number of hydrogen-bond acceptors (Lipinski definition) is 5. The van der Waals surface area contributed by atoms with E-state index in [1.165, 1.54) is 7.11 Å². The maximum atomic E-state index is 11.4. The van der Waals surface area contributed by atoms with Crippen LogP contribution in [0.2, 0.25) is 0 Å². The highest BCUT2D eigenvalue weighted by Crippen LogP contribution is 2.01. The van der Waals surface area contributed by atoms with Gasteiger partial charge in [-0.1, -0.05) is 30.3 Å². The van der Waals surface area contributed by atoms with Crippen molar-refractivity contribution in [3.63, 3.8) is 0 Å². The molecule has 0 aliphatic heterocycles. The Labute approximate surface area is 99.5 Å². The van der Waals surface area contributed by atoms with E-state index in [2.05, 4.69) is 4.74 Å². The number of carbonyl (C=O) groups is 2. The van der Waals surface area contributed by atoms with Gasteiger partial charge in [0.05, 0.1) is 13.5 Å². The summed E-state index contributed by atoms with van der Waals surface area (Å²) in [5.74, 6) is -1.02. The number of hydrogen-bond donors (Lipinski definition) is 1. The molecule has 0 saturated carbocycles. The third kappa shape index (κ3) is 4.65. The Morgan fingerprint density at radius 3 is 2.53 bits per heavy atom. The predicted octanol–water partition coefficient (Wildman–Crippen LogP) is 0.273. The highest BCUT2D eigenvalue weighted by molar-refractivity contribution is 5.77. The minimum atomic E-state index is -0.931. The van der Waals surface area contributed by atoms with Crippen molar-refractivity contribution in [2.24, 2.45) is 5.73 Å². The standard InChI is InChI=1S/C12H15NO4/c1-16-12(15)10(13)8-17-11(14)7-9-5-3-2-4-6-9/h2-6,10H,7-8,13H2,1H3. The Balaban J connectivity index is 2.33. The summed E-state index contributed by atoms with van der Waals surface area (Å²) in [7, 11) is 1.23. The molecule has 17 heavy (non-hydrogen) atoms. The van der Waals surface area contributed by atoms with E-state index in [0.29, 0.717) is 0 Å². The monoisotopic (exact) mass is 237 g/mol. The normalized spacial score (nSPS) is 11.6. The minimum Gasteiger partial charge on any atom is -0.468 e. The lowest BCUT2D eigenvalue weighted by Gasteiger charge is -2.09. The molecule has 1 atom stereocenters. The van der Waals surface area contributed by atoms with Crippen LogP contribution in [-0.4, -0.2) is 31.7 Å². The fourth-order valence-electron chi connectivity index (χ4n) is 1.22. The smallest absolute Gasteiger partial charge is 0.326 e. The first-order valence-electron chi connectivity index (χ1n) is 5.16. The Morgan fingerprint density at radius 1 is 1.29 bits per heavy atom. The number of rotatable bonds is 5. The van der Waals surface area contributed by atoms with Crippen molar-refractivity contribution >= 4 is 11.9 Å². The van der Waals surface area contributed by atoms with Crippen LogP contribution in [-0.2, 0) is 25.5 Å². The Bertz CT molecular complexity index is 377. The molecule has 0 heterocycles. The zero-order valence-electron chi connectivity index (χ0n) is 9.59. The molecule has 0 aliphatic carbocycles. The summed E-state index contributed by atoms with van der Waals surface area (Å²) in [4.78, 5) is 22.3. The average molecular weight is 237 g/mol. The van der Waals surface area contributed by atoms with Crippen LogP contribution in [0.3, 0.4) is 0 Å². The Hall–Kier alpha value is -1.88. The summed E-state index contributed by atoms with van der Waals surface area (Å²) in [6.45, 7) is -0.168. The summed E-state index contributed by atoms with van der Waals surface area (Å²) in [6, 6.07) is 8.25. The molecular weight excluding hydrogens is 222 g/mol. The topological polar surface area (TPSA) is 78.6 Å². The number of carbonyl (C=O) groups excluding carboxylic acids is 2. The molecule has 1 aromatic carbocycles. The molecule has 0 radical (unpaired) electrons. The Kier molecular flexibility index (Phi) is 5.16. The van der Waals surface area contributed by atoms with Gasteiger partial charge >= 0.3 is 11.9 Å². The van der Waals surface area contributed by atoms with Crippen molar-refractivity contribution in [3.8, 4) is 0 Å². The summed E-state index contributed by atoms with van der Waals surface area (Å²) >= 11 is 0. The van der Waals surface area contributed by atoms with E-state index in [1.54, 1.807) is 0 Å². The molecule has 0 aromatic heterocycles. The summed E-state index contributed by atoms with van der Waals surface area (Å²) in [5.41, 5.74) is 6.27. The highest BCUT2D eigenvalue weighted by Gasteiger charge is 2.16. The molecule has 1 rings (SSSR count). The second-order valence-electron chi connectivity index (χ2n) is 3.48. The Morgan fingerprint density at radius 2 is 1.94 bits per heavy atom. The van der Waals surface area contributed by atoms with Gasteiger partial charge in [0.1, 0.15) is 12.6 Å². The second-order valence-corrected chi connectivity index (χ2v) is 3.48. The summed E-state index contributed by atoms with van der Waals surface area (Å²) in [6.07, 6.45) is 0.161. The van der Waals surface area contributed by atoms with Crippen LogP contribution in [0.15, 0.2) is 30.3 Å². The molecule has 0 fully saturated rings. The molecule has 0 amide bonds. The predicted molar refractivity (Wildman–Crippen MR) is 61.1 cm³/mol. The number of nitrogens with two attached hydrogens (primary N) is 1. The van der Waals surface area contributed by atoms with Gasteiger partial charge in [-0.05, 0) is 5.56 Å². The van der Waals surface area contributed by atoms with Crippen LogP contribution in [0.25, 0.3) is 0 Å². The van der Waals surface area contributed by atoms with E-state index < -0.39 is 18.0 Å².